The summed E-state index contributed by atoms with van der Waals surface area (Å²) in [6.07, 6.45) is 16.2. The fraction of sp³-hybridized carbons (Fsp3) is 0.360. The lowest BCUT2D eigenvalue weighted by atomic mass is 9.92. The van der Waals surface area contributed by atoms with E-state index in [0.29, 0.717) is 41.6 Å². The summed E-state index contributed by atoms with van der Waals surface area (Å²) in [5.41, 5.74) is 2.55. The number of nitrogens with one attached hydrogen (secondary N) is 3. The van der Waals surface area contributed by atoms with E-state index in [9.17, 15) is 9.59 Å². The van der Waals surface area contributed by atoms with Gasteiger partial charge in [0.1, 0.15) is 5.76 Å². The van der Waals surface area contributed by atoms with Crippen LogP contribution in [0.5, 0.6) is 0 Å². The zero-order chi connectivity index (χ0) is 26.5. The van der Waals surface area contributed by atoms with Gasteiger partial charge in [-0.25, -0.2) is 10.5 Å². The molecule has 0 spiro atoms. The summed E-state index contributed by atoms with van der Waals surface area (Å²) in [5.74, 6) is 2.36. The van der Waals surface area contributed by atoms with E-state index < -0.39 is 11.8 Å². The Morgan fingerprint density at radius 3 is 2.69 bits per heavy atom. The number of guanidine groups is 1. The van der Waals surface area contributed by atoms with Gasteiger partial charge in [0.05, 0.1) is 31.7 Å². The normalized spacial score (nSPS) is 20.3. The number of hydrogen-bond donors (Lipinski definition) is 4. The van der Waals surface area contributed by atoms with Crippen molar-refractivity contribution >= 4 is 35.6 Å². The Morgan fingerprint density at radius 2 is 2.11 bits per heavy atom. The number of halogens is 1. The maximum absolute atomic E-state index is 13.2. The third-order valence-electron chi connectivity index (χ3n) is 5.28. The number of terminal acetylenes is 1. The molecule has 192 valence electrons. The highest BCUT2D eigenvalue weighted by Gasteiger charge is 2.21. The maximum Gasteiger partial charge on any atom is 0.253 e. The SMILES string of the molecule is C#CC(Cl)=CC(=CC)C(=CC1C=CC(OC)=C(OC)C1)C(=O)NCCNC1=NCC(C(=O)NO)C=N1. The number of carbonyl (C=O) groups excluding carboxylic acids is 2. The van der Waals surface area contributed by atoms with Gasteiger partial charge in [0.15, 0.2) is 5.76 Å². The van der Waals surface area contributed by atoms with E-state index in [0.717, 1.165) is 0 Å². The fourth-order valence-electron chi connectivity index (χ4n) is 3.39. The summed E-state index contributed by atoms with van der Waals surface area (Å²) in [6.45, 7) is 2.56. The van der Waals surface area contributed by atoms with Gasteiger partial charge >= 0.3 is 0 Å². The first-order chi connectivity index (χ1) is 17.4. The van der Waals surface area contributed by atoms with E-state index in [1.807, 2.05) is 18.2 Å². The molecule has 10 nitrogen and oxygen atoms in total. The van der Waals surface area contributed by atoms with E-state index in [4.69, 9.17) is 32.7 Å². The summed E-state index contributed by atoms with van der Waals surface area (Å²) < 4.78 is 10.8. The molecular weight excluding hydrogens is 486 g/mol. The van der Waals surface area contributed by atoms with Crippen LogP contribution in [0.15, 0.2) is 68.1 Å². The molecule has 4 N–H and O–H groups in total. The van der Waals surface area contributed by atoms with Gasteiger partial charge < -0.3 is 20.1 Å². The molecule has 2 unspecified atom stereocenters. The van der Waals surface area contributed by atoms with Gasteiger partial charge in [0.2, 0.25) is 5.96 Å². The van der Waals surface area contributed by atoms with Crippen LogP contribution in [0.4, 0.5) is 0 Å². The highest BCUT2D eigenvalue weighted by Crippen LogP contribution is 2.28. The van der Waals surface area contributed by atoms with E-state index >= 15 is 0 Å². The van der Waals surface area contributed by atoms with E-state index in [1.165, 1.54) is 6.21 Å². The number of carbonyl (C=O) groups is 2. The number of methoxy groups -OCH3 is 2. The van der Waals surface area contributed by atoms with Crippen LogP contribution in [0.1, 0.15) is 13.3 Å². The van der Waals surface area contributed by atoms with Crippen LogP contribution in [-0.2, 0) is 19.1 Å². The molecule has 1 heterocycles. The smallest absolute Gasteiger partial charge is 0.253 e. The van der Waals surface area contributed by atoms with Crippen LogP contribution in [0.25, 0.3) is 0 Å². The monoisotopic (exact) mass is 515 g/mol. The Kier molecular flexibility index (Phi) is 11.5. The van der Waals surface area contributed by atoms with E-state index in [1.54, 1.807) is 38.8 Å². The molecular formula is C25H30ClN5O5. The second-order valence-corrected chi connectivity index (χ2v) is 8.00. The van der Waals surface area contributed by atoms with Crippen LogP contribution in [0.2, 0.25) is 0 Å². The highest BCUT2D eigenvalue weighted by molar-refractivity contribution is 6.32. The molecule has 2 atom stereocenters. The van der Waals surface area contributed by atoms with Crippen LogP contribution in [0.3, 0.4) is 0 Å². The molecule has 0 bridgehead atoms. The first kappa shape index (κ1) is 28.4. The number of nitrogens with zero attached hydrogens (tertiary/aromatic N) is 2. The number of ether oxygens (including phenoxy) is 2. The summed E-state index contributed by atoms with van der Waals surface area (Å²) in [5, 5.41) is 14.7. The van der Waals surface area contributed by atoms with Crippen molar-refractivity contribution in [3.05, 3.63) is 58.1 Å². The van der Waals surface area contributed by atoms with Crippen LogP contribution in [-0.4, -0.2) is 63.0 Å². The van der Waals surface area contributed by atoms with Gasteiger partial charge in [-0.15, -0.1) is 6.42 Å². The fourth-order valence-corrected chi connectivity index (χ4v) is 3.51. The average molecular weight is 516 g/mol. The molecule has 2 amide bonds. The molecule has 0 fully saturated rings. The Balaban J connectivity index is 2.08. The topological polar surface area (TPSA) is 134 Å². The maximum atomic E-state index is 13.2. The number of rotatable bonds is 10. The van der Waals surface area contributed by atoms with Crippen molar-refractivity contribution in [3.63, 3.8) is 0 Å². The lowest BCUT2D eigenvalue weighted by Crippen LogP contribution is -2.38. The third-order valence-corrected chi connectivity index (χ3v) is 5.50. The Labute approximate surface area is 215 Å². The van der Waals surface area contributed by atoms with Gasteiger partial charge in [-0.1, -0.05) is 35.7 Å². The summed E-state index contributed by atoms with van der Waals surface area (Å²) >= 11 is 6.06. The van der Waals surface area contributed by atoms with Crippen LogP contribution < -0.4 is 16.1 Å². The Bertz CT molecular complexity index is 1090. The van der Waals surface area contributed by atoms with Crippen molar-refractivity contribution in [2.75, 3.05) is 33.9 Å². The quantitative estimate of drug-likeness (QED) is 0.0877. The zero-order valence-corrected chi connectivity index (χ0v) is 21.1. The predicted molar refractivity (Wildman–Crippen MR) is 138 cm³/mol. The molecule has 36 heavy (non-hydrogen) atoms. The van der Waals surface area contributed by atoms with Crippen molar-refractivity contribution in [1.29, 1.82) is 0 Å². The van der Waals surface area contributed by atoms with Gasteiger partial charge in [-0.3, -0.25) is 19.8 Å². The lowest BCUT2D eigenvalue weighted by Gasteiger charge is -2.20. The average Bonchev–Trinajstić information content (AvgIpc) is 2.92. The summed E-state index contributed by atoms with van der Waals surface area (Å²) in [6, 6.07) is 0. The number of aliphatic imine (C=N–C) groups is 2. The zero-order valence-electron chi connectivity index (χ0n) is 20.4. The molecule has 0 saturated heterocycles. The van der Waals surface area contributed by atoms with Crippen molar-refractivity contribution in [3.8, 4) is 12.3 Å². The number of hydrogen-bond acceptors (Lipinski definition) is 8. The van der Waals surface area contributed by atoms with E-state index in [-0.39, 0.29) is 29.9 Å². The predicted octanol–water partition coefficient (Wildman–Crippen LogP) is 1.96. The first-order valence-corrected chi connectivity index (χ1v) is 11.5. The molecule has 0 saturated carbocycles. The van der Waals surface area contributed by atoms with Crippen LogP contribution >= 0.6 is 11.6 Å². The molecule has 1 aliphatic heterocycles. The molecule has 0 aromatic heterocycles. The van der Waals surface area contributed by atoms with Crippen molar-refractivity contribution < 1.29 is 24.3 Å². The Hall–Kier alpha value is -3.81. The van der Waals surface area contributed by atoms with Gasteiger partial charge in [0, 0.05) is 37.2 Å². The van der Waals surface area contributed by atoms with Crippen molar-refractivity contribution in [2.45, 2.75) is 13.3 Å². The lowest BCUT2D eigenvalue weighted by molar-refractivity contribution is -0.130. The standard InChI is InChI=1S/C25H30ClN5O5/c1-5-17(13-19(26)6-2)20(11-16-7-8-21(35-3)22(12-16)36-4)24(33)27-9-10-28-25-29-14-18(15-30-25)23(32)31-34/h2,5,7-8,11,13-14,16,18,34H,9-10,12,15H2,1,3-4H3,(H,27,33)(H,28,30)(H,31,32). The largest absolute Gasteiger partial charge is 0.497 e. The Morgan fingerprint density at radius 1 is 1.33 bits per heavy atom. The van der Waals surface area contributed by atoms with Crippen LogP contribution in [0, 0.1) is 24.2 Å². The van der Waals surface area contributed by atoms with Gasteiger partial charge in [-0.2, -0.15) is 0 Å². The third kappa shape index (κ3) is 8.15. The second kappa shape index (κ2) is 14.6. The second-order valence-electron chi connectivity index (χ2n) is 7.59. The minimum absolute atomic E-state index is 0.124. The first-order valence-electron chi connectivity index (χ1n) is 11.1. The van der Waals surface area contributed by atoms with Crippen molar-refractivity contribution in [1.82, 2.24) is 16.1 Å². The molecule has 1 aliphatic carbocycles. The number of allylic oxidation sites excluding steroid dienone is 7. The summed E-state index contributed by atoms with van der Waals surface area (Å²) in [4.78, 5) is 32.8. The van der Waals surface area contributed by atoms with Crippen molar-refractivity contribution in [2.24, 2.45) is 21.8 Å². The molecule has 11 heteroatoms. The molecule has 0 radical (unpaired) electrons. The molecule has 0 aromatic carbocycles. The minimum atomic E-state index is -0.627. The highest BCUT2D eigenvalue weighted by atomic mass is 35.5. The summed E-state index contributed by atoms with van der Waals surface area (Å²) in [7, 11) is 3.14. The number of amides is 2. The number of hydroxylamine groups is 1. The van der Waals surface area contributed by atoms with Gasteiger partial charge in [-0.05, 0) is 24.6 Å². The minimum Gasteiger partial charge on any atom is -0.497 e. The molecule has 2 aliphatic rings. The molecule has 0 aromatic rings. The van der Waals surface area contributed by atoms with E-state index in [2.05, 4.69) is 26.5 Å². The van der Waals surface area contributed by atoms with Gasteiger partial charge in [0.25, 0.3) is 11.8 Å². The molecule has 2 rings (SSSR count).